The summed E-state index contributed by atoms with van der Waals surface area (Å²) in [6, 6.07) is 7.25. The quantitative estimate of drug-likeness (QED) is 0.283. The summed E-state index contributed by atoms with van der Waals surface area (Å²) in [7, 11) is -3.94. The highest BCUT2D eigenvalue weighted by Crippen LogP contribution is 2.41. The van der Waals surface area contributed by atoms with Gasteiger partial charge in [0.05, 0.1) is 46.7 Å². The third-order valence-corrected chi connectivity index (χ3v) is 14.9. The molecule has 0 aliphatic rings. The van der Waals surface area contributed by atoms with Gasteiger partial charge < -0.3 is 9.16 Å². The minimum atomic E-state index is -2.39. The number of benzene rings is 1. The molecule has 1 aromatic rings. The number of carbonyl (C=O) groups excluding carboxylic acids is 1. The smallest absolute Gasteiger partial charge is 0.308 e. The first kappa shape index (κ1) is 33.2. The zero-order chi connectivity index (χ0) is 28.3. The fourth-order valence-corrected chi connectivity index (χ4v) is 7.35. The van der Waals surface area contributed by atoms with E-state index in [9.17, 15) is 13.2 Å². The number of nitrogens with one attached hydrogen (secondary N) is 1. The Kier molecular flexibility index (Phi) is 11.3. The zero-order valence-electron chi connectivity index (χ0n) is 24.6. The lowest BCUT2D eigenvalue weighted by Crippen LogP contribution is -2.56. The van der Waals surface area contributed by atoms with Crippen LogP contribution < -0.4 is 4.72 Å². The molecule has 0 fully saturated rings. The van der Waals surface area contributed by atoms with Crippen LogP contribution in [0.2, 0.25) is 18.1 Å². The van der Waals surface area contributed by atoms with Crippen LogP contribution in [0.3, 0.4) is 0 Å². The fraction of sp³-hybridized carbons (Fsp3) is 0.741. The van der Waals surface area contributed by atoms with Gasteiger partial charge in [-0.1, -0.05) is 50.6 Å². The molecule has 1 N–H and O–H groups in total. The first-order chi connectivity index (χ1) is 16.1. The van der Waals surface area contributed by atoms with Crippen LogP contribution in [0.5, 0.6) is 0 Å². The lowest BCUT2D eigenvalue weighted by molar-refractivity contribution is -0.142. The van der Waals surface area contributed by atoms with Crippen molar-refractivity contribution in [2.24, 2.45) is 0 Å². The Morgan fingerprint density at radius 2 is 1.56 bits per heavy atom. The van der Waals surface area contributed by atoms with Gasteiger partial charge in [-0.25, -0.2) is 8.93 Å². The topological polar surface area (TPSA) is 81.7 Å². The molecule has 1 aromatic carbocycles. The van der Waals surface area contributed by atoms with Crippen LogP contribution in [-0.4, -0.2) is 51.5 Å². The van der Waals surface area contributed by atoms with E-state index in [2.05, 4.69) is 38.6 Å². The van der Waals surface area contributed by atoms with Gasteiger partial charge in [-0.3, -0.25) is 9.00 Å². The normalized spacial score (nSPS) is 17.7. The van der Waals surface area contributed by atoms with E-state index in [-0.39, 0.29) is 11.5 Å². The van der Waals surface area contributed by atoms with Crippen molar-refractivity contribution in [1.29, 1.82) is 0 Å². The summed E-state index contributed by atoms with van der Waals surface area (Å²) in [6.45, 7) is 24.1. The molecule has 1 rings (SSSR count). The van der Waals surface area contributed by atoms with E-state index in [4.69, 9.17) is 9.16 Å². The maximum atomic E-state index is 14.2. The number of hydrogen-bond acceptors (Lipinski definition) is 5. The van der Waals surface area contributed by atoms with E-state index < -0.39 is 63.0 Å². The van der Waals surface area contributed by atoms with Gasteiger partial charge in [-0.05, 0) is 72.2 Å². The largest absolute Gasteiger partial charge is 0.469 e. The number of methoxy groups -OCH3 is 1. The highest BCUT2D eigenvalue weighted by atomic mass is 32.2. The molecule has 5 atom stereocenters. The van der Waals surface area contributed by atoms with E-state index in [1.807, 2.05) is 72.7 Å². The summed E-state index contributed by atoms with van der Waals surface area (Å²) in [5.41, 5.74) is 1.90. The molecule has 0 radical (unpaired) electrons. The van der Waals surface area contributed by atoms with Gasteiger partial charge in [-0.15, -0.1) is 0 Å². The molecule has 0 amide bonds. The van der Waals surface area contributed by atoms with Crippen LogP contribution >= 0.6 is 0 Å². The summed E-state index contributed by atoms with van der Waals surface area (Å²) >= 11 is 0. The minimum Gasteiger partial charge on any atom is -0.469 e. The lowest BCUT2D eigenvalue weighted by Gasteiger charge is -2.44. The molecule has 2 unspecified atom stereocenters. The van der Waals surface area contributed by atoms with Crippen LogP contribution in [0.15, 0.2) is 24.3 Å². The van der Waals surface area contributed by atoms with Crippen molar-refractivity contribution in [3.8, 4) is 0 Å². The van der Waals surface area contributed by atoms with Gasteiger partial charge in [0.15, 0.2) is 8.32 Å². The number of ether oxygens (including phenoxy) is 1. The number of aryl methyl sites for hydroxylation is 1. The predicted octanol–water partition coefficient (Wildman–Crippen LogP) is 5.96. The number of carbonyl (C=O) groups is 1. The van der Waals surface area contributed by atoms with Crippen LogP contribution in [-0.2, 0) is 35.7 Å². The Balaban J connectivity index is 3.89. The Bertz CT molecular complexity index is 945. The predicted molar refractivity (Wildman–Crippen MR) is 155 cm³/mol. The van der Waals surface area contributed by atoms with Gasteiger partial charge in [0.25, 0.3) is 0 Å². The SMILES string of the molecule is COC(=O)C[C@H](O[Si](C)(C)C(C)(C)C)C(N[S@@](=O)C(C)(C)C)C(c1cccc(C)c1)[S@@](=O)C(C)(C)C. The highest BCUT2D eigenvalue weighted by Gasteiger charge is 2.46. The van der Waals surface area contributed by atoms with Crippen LogP contribution in [0.4, 0.5) is 0 Å². The minimum absolute atomic E-state index is 0.0360. The van der Waals surface area contributed by atoms with Crippen molar-refractivity contribution >= 4 is 36.1 Å². The number of hydrogen-bond donors (Lipinski definition) is 1. The fourth-order valence-electron chi connectivity index (χ4n) is 3.37. The molecule has 0 saturated heterocycles. The van der Waals surface area contributed by atoms with Crippen molar-refractivity contribution in [1.82, 2.24) is 4.72 Å². The van der Waals surface area contributed by atoms with Crippen molar-refractivity contribution in [2.75, 3.05) is 7.11 Å². The maximum Gasteiger partial charge on any atom is 0.308 e. The molecule has 0 bridgehead atoms. The highest BCUT2D eigenvalue weighted by molar-refractivity contribution is 7.87. The average Bonchev–Trinajstić information content (AvgIpc) is 2.70. The van der Waals surface area contributed by atoms with E-state index in [1.165, 1.54) is 7.11 Å². The summed E-state index contributed by atoms with van der Waals surface area (Å²) in [6.07, 6.45) is -0.729. The molecule has 9 heteroatoms. The molecule has 208 valence electrons. The zero-order valence-corrected chi connectivity index (χ0v) is 27.2. The molecular formula is C27H49NO5S2Si. The average molecular weight is 560 g/mol. The standard InChI is InChI=1S/C27H49NO5S2Si/c1-19-15-14-16-20(17-19)24(34(30)25(2,3)4)23(28-35(31)26(5,6)7)21(18-22(29)32-11)33-36(12,13)27(8,9)10/h14-17,21,23-24,28H,18H2,1-13H3/t21-,23?,24?,34+,35-/m0/s1. The summed E-state index contributed by atoms with van der Waals surface area (Å²) in [4.78, 5) is 12.7. The third kappa shape index (κ3) is 9.15. The molecule has 0 spiro atoms. The first-order valence-corrected chi connectivity index (χ1v) is 17.8. The molecule has 0 aliphatic carbocycles. The van der Waals surface area contributed by atoms with Gasteiger partial charge in [0.1, 0.15) is 0 Å². The van der Waals surface area contributed by atoms with Gasteiger partial charge in [-0.2, -0.15) is 0 Å². The number of rotatable bonds is 10. The summed E-state index contributed by atoms with van der Waals surface area (Å²) < 4.78 is 41.8. The third-order valence-electron chi connectivity index (χ3n) is 6.58. The Morgan fingerprint density at radius 1 is 1.00 bits per heavy atom. The van der Waals surface area contributed by atoms with E-state index in [0.717, 1.165) is 11.1 Å². The Morgan fingerprint density at radius 3 is 1.97 bits per heavy atom. The Labute approximate surface area is 225 Å². The van der Waals surface area contributed by atoms with Crippen LogP contribution in [0.25, 0.3) is 0 Å². The summed E-state index contributed by atoms with van der Waals surface area (Å²) in [5.74, 6) is -0.420. The summed E-state index contributed by atoms with van der Waals surface area (Å²) in [5, 5.41) is -0.701. The molecule has 0 heterocycles. The maximum absolute atomic E-state index is 14.2. The van der Waals surface area contributed by atoms with Crippen molar-refractivity contribution in [2.45, 2.75) is 121 Å². The van der Waals surface area contributed by atoms with Crippen molar-refractivity contribution in [3.63, 3.8) is 0 Å². The molecule has 0 aliphatic heterocycles. The van der Waals surface area contributed by atoms with Gasteiger partial charge >= 0.3 is 5.97 Å². The van der Waals surface area contributed by atoms with Crippen molar-refractivity contribution in [3.05, 3.63) is 35.4 Å². The second-order valence-electron chi connectivity index (χ2n) is 13.0. The monoisotopic (exact) mass is 559 g/mol. The van der Waals surface area contributed by atoms with E-state index in [1.54, 1.807) is 0 Å². The molecule has 36 heavy (non-hydrogen) atoms. The molecule has 6 nitrogen and oxygen atoms in total. The lowest BCUT2D eigenvalue weighted by atomic mass is 9.98. The molecule has 0 aromatic heterocycles. The number of esters is 1. The van der Waals surface area contributed by atoms with E-state index >= 15 is 0 Å². The Hall–Kier alpha value is -0.873. The molecule has 0 saturated carbocycles. The second-order valence-corrected chi connectivity index (χ2v) is 22.0. The molecular weight excluding hydrogens is 511 g/mol. The van der Waals surface area contributed by atoms with Crippen LogP contribution in [0, 0.1) is 6.92 Å². The van der Waals surface area contributed by atoms with E-state index in [0.29, 0.717) is 0 Å². The first-order valence-electron chi connectivity index (χ1n) is 12.5. The van der Waals surface area contributed by atoms with Gasteiger partial charge in [0.2, 0.25) is 0 Å². The van der Waals surface area contributed by atoms with Crippen molar-refractivity contribution < 1.29 is 22.4 Å². The van der Waals surface area contributed by atoms with Gasteiger partial charge in [0, 0.05) is 15.5 Å². The second kappa shape index (κ2) is 12.3. The van der Waals surface area contributed by atoms with Crippen LogP contribution in [0.1, 0.15) is 85.1 Å².